The van der Waals surface area contributed by atoms with Crippen molar-refractivity contribution in [1.29, 1.82) is 5.26 Å². The van der Waals surface area contributed by atoms with Crippen LogP contribution in [0.2, 0.25) is 0 Å². The van der Waals surface area contributed by atoms with Crippen molar-refractivity contribution in [2.45, 2.75) is 19.4 Å². The van der Waals surface area contributed by atoms with Gasteiger partial charge in [-0.05, 0) is 18.1 Å². The van der Waals surface area contributed by atoms with Crippen LogP contribution < -0.4 is 10.9 Å². The number of hydrogen-bond acceptors (Lipinski definition) is 7. The molecular weight excluding hydrogens is 469 g/mol. The van der Waals surface area contributed by atoms with Crippen molar-refractivity contribution in [3.05, 3.63) is 69.5 Å². The highest BCUT2D eigenvalue weighted by molar-refractivity contribution is 7.93. The fourth-order valence-electron chi connectivity index (χ4n) is 3.81. The Morgan fingerprint density at radius 1 is 1.35 bits per heavy atom. The largest absolute Gasteiger partial charge is 0.365 e. The molecule has 0 radical (unpaired) electrons. The van der Waals surface area contributed by atoms with Gasteiger partial charge in [0.15, 0.2) is 0 Å². The summed E-state index contributed by atoms with van der Waals surface area (Å²) in [6.45, 7) is -0.114. The first kappa shape index (κ1) is 23.4. The number of aryl methyl sites for hydroxylation is 1. The molecule has 1 aliphatic heterocycles. The molecule has 8 nitrogen and oxygen atoms in total. The number of nitrogens with zero attached hydrogens (tertiary/aromatic N) is 5. The number of hydrogen-bond donors (Lipinski definition) is 1. The molecule has 34 heavy (non-hydrogen) atoms. The summed E-state index contributed by atoms with van der Waals surface area (Å²) in [6, 6.07) is 5.39. The minimum Gasteiger partial charge on any atom is -0.365 e. The van der Waals surface area contributed by atoms with E-state index in [2.05, 4.69) is 19.6 Å². The second-order valence-corrected chi connectivity index (χ2v) is 10.1. The molecule has 1 N–H and O–H groups in total. The lowest BCUT2D eigenvalue weighted by Crippen LogP contribution is -2.24. The monoisotopic (exact) mass is 488 g/mol. The molecule has 0 saturated heterocycles. The van der Waals surface area contributed by atoms with Crippen molar-refractivity contribution < 1.29 is 17.4 Å². The van der Waals surface area contributed by atoms with Gasteiger partial charge >= 0.3 is 0 Å². The third kappa shape index (κ3) is 4.38. The Hall–Kier alpha value is -3.72. The van der Waals surface area contributed by atoms with Gasteiger partial charge in [-0.2, -0.15) is 5.26 Å². The first-order chi connectivity index (χ1) is 16.2. The summed E-state index contributed by atoms with van der Waals surface area (Å²) in [5.74, 6) is -0.477. The molecule has 1 atom stereocenters. The van der Waals surface area contributed by atoms with Crippen LogP contribution >= 0.6 is 0 Å². The van der Waals surface area contributed by atoms with Crippen molar-refractivity contribution in [2.24, 2.45) is 11.4 Å². The first-order valence-corrected chi connectivity index (χ1v) is 12.0. The van der Waals surface area contributed by atoms with Crippen LogP contribution in [0.15, 0.2) is 45.8 Å². The maximum absolute atomic E-state index is 14.4. The van der Waals surface area contributed by atoms with Gasteiger partial charge in [-0.3, -0.25) is 9.36 Å². The lowest BCUT2D eigenvalue weighted by Gasteiger charge is -2.18. The van der Waals surface area contributed by atoms with Gasteiger partial charge in [0.2, 0.25) is 6.19 Å². The number of alkyl halides is 2. The molecule has 0 fully saturated rings. The number of nitrogens with one attached hydrogen (secondary N) is 1. The summed E-state index contributed by atoms with van der Waals surface area (Å²) < 4.78 is 57.8. The van der Waals surface area contributed by atoms with E-state index in [-0.39, 0.29) is 29.2 Å². The quantitative estimate of drug-likeness (QED) is 0.548. The number of aromatic nitrogens is 3. The van der Waals surface area contributed by atoms with Crippen LogP contribution in [-0.4, -0.2) is 30.2 Å². The summed E-state index contributed by atoms with van der Waals surface area (Å²) >= 11 is 0. The minimum atomic E-state index is -2.93. The Morgan fingerprint density at radius 2 is 2.15 bits per heavy atom. The second-order valence-electron chi connectivity index (χ2n) is 7.67. The minimum absolute atomic E-state index is 0.0422. The summed E-state index contributed by atoms with van der Waals surface area (Å²) in [5.41, 5.74) is 0.399. The SMILES string of the molecule is Cn1c(=O)c(C2=CCS(=O)(=NC#N)CC2)cc2c(NCc3cccc(C(F)F)c3F)ncnc21. The third-order valence-electron chi connectivity index (χ3n) is 5.63. The molecular formula is C22H19F3N6O2S. The van der Waals surface area contributed by atoms with Crippen LogP contribution in [0.4, 0.5) is 19.0 Å². The van der Waals surface area contributed by atoms with Gasteiger partial charge in [0.05, 0.1) is 26.4 Å². The standard InChI is InChI=1S/C22H19F3N6O2S/c1-31-21-17(9-16(22(31)32)13-5-7-34(33,8-6-13)30-11-26)20(28-12-29-21)27-10-14-3-2-4-15(18(14)23)19(24)25/h2-5,9,12,19H,6-8,10H2,1H3,(H,27,28,29). The van der Waals surface area contributed by atoms with Gasteiger partial charge in [0.25, 0.3) is 12.0 Å². The fourth-order valence-corrected chi connectivity index (χ4v) is 5.29. The zero-order chi connectivity index (χ0) is 24.5. The van der Waals surface area contributed by atoms with Crippen LogP contribution in [0.1, 0.15) is 29.5 Å². The molecule has 0 amide bonds. The van der Waals surface area contributed by atoms with Gasteiger partial charge < -0.3 is 5.32 Å². The predicted octanol–water partition coefficient (Wildman–Crippen LogP) is 3.75. The molecule has 3 heterocycles. The lowest BCUT2D eigenvalue weighted by molar-refractivity contribution is 0.146. The zero-order valence-electron chi connectivity index (χ0n) is 18.0. The Kier molecular flexibility index (Phi) is 6.39. The van der Waals surface area contributed by atoms with E-state index in [1.807, 2.05) is 0 Å². The number of rotatable bonds is 5. The van der Waals surface area contributed by atoms with E-state index in [9.17, 15) is 22.2 Å². The average molecular weight is 488 g/mol. The van der Waals surface area contributed by atoms with Crippen LogP contribution in [0.25, 0.3) is 16.6 Å². The molecule has 0 bridgehead atoms. The van der Waals surface area contributed by atoms with E-state index in [0.29, 0.717) is 34.4 Å². The average Bonchev–Trinajstić information content (AvgIpc) is 2.81. The summed E-state index contributed by atoms with van der Waals surface area (Å²) in [6.07, 6.45) is 1.85. The van der Waals surface area contributed by atoms with Gasteiger partial charge in [0, 0.05) is 30.5 Å². The Morgan fingerprint density at radius 3 is 2.82 bits per heavy atom. The van der Waals surface area contributed by atoms with E-state index >= 15 is 0 Å². The maximum Gasteiger partial charge on any atom is 0.266 e. The normalized spacial score (nSPS) is 17.9. The molecule has 0 aliphatic carbocycles. The molecule has 12 heteroatoms. The van der Waals surface area contributed by atoms with Crippen LogP contribution in [0.5, 0.6) is 0 Å². The third-order valence-corrected chi connectivity index (χ3v) is 7.57. The van der Waals surface area contributed by atoms with Crippen molar-refractivity contribution in [2.75, 3.05) is 16.8 Å². The highest BCUT2D eigenvalue weighted by Crippen LogP contribution is 2.28. The van der Waals surface area contributed by atoms with Crippen LogP contribution in [-0.2, 0) is 23.3 Å². The van der Waals surface area contributed by atoms with E-state index in [1.165, 1.54) is 23.0 Å². The number of nitriles is 1. The summed E-state index contributed by atoms with van der Waals surface area (Å²) in [5, 5.41) is 12.2. The molecule has 3 aromatic rings. The Bertz CT molecular complexity index is 1530. The van der Waals surface area contributed by atoms with Crippen LogP contribution in [0.3, 0.4) is 0 Å². The second kappa shape index (κ2) is 9.26. The van der Waals surface area contributed by atoms with Gasteiger partial charge in [-0.1, -0.05) is 24.3 Å². The predicted molar refractivity (Wildman–Crippen MR) is 122 cm³/mol. The number of anilines is 1. The molecule has 1 aromatic carbocycles. The highest BCUT2D eigenvalue weighted by Gasteiger charge is 2.21. The van der Waals surface area contributed by atoms with Crippen molar-refractivity contribution >= 4 is 32.2 Å². The fraction of sp³-hybridized carbons (Fsp3) is 0.273. The van der Waals surface area contributed by atoms with E-state index < -0.39 is 27.5 Å². The topological polar surface area (TPSA) is 113 Å². The van der Waals surface area contributed by atoms with Gasteiger partial charge in [0.1, 0.15) is 23.6 Å². The van der Waals surface area contributed by atoms with E-state index in [1.54, 1.807) is 25.4 Å². The van der Waals surface area contributed by atoms with Crippen molar-refractivity contribution in [3.8, 4) is 6.19 Å². The van der Waals surface area contributed by atoms with Crippen LogP contribution in [0, 0.1) is 17.3 Å². The smallest absolute Gasteiger partial charge is 0.266 e. The molecule has 4 rings (SSSR count). The molecule has 0 spiro atoms. The summed E-state index contributed by atoms with van der Waals surface area (Å²) in [7, 11) is -1.11. The number of allylic oxidation sites excluding steroid dienone is 1. The van der Waals surface area contributed by atoms with Crippen molar-refractivity contribution in [3.63, 3.8) is 0 Å². The zero-order valence-corrected chi connectivity index (χ0v) is 18.8. The first-order valence-electron chi connectivity index (χ1n) is 10.2. The molecule has 0 saturated carbocycles. The van der Waals surface area contributed by atoms with Crippen molar-refractivity contribution in [1.82, 2.24) is 14.5 Å². The Labute approximate surface area is 193 Å². The molecule has 176 valence electrons. The Balaban J connectivity index is 1.73. The number of benzene rings is 1. The maximum atomic E-state index is 14.4. The summed E-state index contributed by atoms with van der Waals surface area (Å²) in [4.78, 5) is 21.3. The van der Waals surface area contributed by atoms with Gasteiger partial charge in [-0.25, -0.2) is 27.3 Å². The number of pyridine rings is 1. The van der Waals surface area contributed by atoms with E-state index in [4.69, 9.17) is 5.26 Å². The van der Waals surface area contributed by atoms with E-state index in [0.717, 1.165) is 6.07 Å². The number of fused-ring (bicyclic) bond motifs is 1. The van der Waals surface area contributed by atoms with Gasteiger partial charge in [-0.15, -0.1) is 4.36 Å². The highest BCUT2D eigenvalue weighted by atomic mass is 32.2. The number of halogens is 3. The molecule has 2 aromatic heterocycles. The molecule has 1 aliphatic rings. The molecule has 1 unspecified atom stereocenters. The lowest BCUT2D eigenvalue weighted by atomic mass is 10.0.